The van der Waals surface area contributed by atoms with E-state index in [1.54, 1.807) is 0 Å². The number of benzene rings is 1. The molecule has 0 heterocycles. The third-order valence-electron chi connectivity index (χ3n) is 3.47. The minimum atomic E-state index is -3.72. The van der Waals surface area contributed by atoms with E-state index in [9.17, 15) is 22.4 Å². The molecule has 1 aromatic rings. The maximum atomic E-state index is 12.9. The summed E-state index contributed by atoms with van der Waals surface area (Å²) in [7, 11) is 0.673. The largest absolute Gasteiger partial charge is 0.358 e. The molecular formula is C15H22FN3O4S. The van der Waals surface area contributed by atoms with E-state index in [1.165, 1.54) is 38.2 Å². The van der Waals surface area contributed by atoms with Crippen molar-refractivity contribution in [1.82, 2.24) is 14.5 Å². The zero-order valence-corrected chi connectivity index (χ0v) is 14.8. The smallest absolute Gasteiger partial charge is 0.242 e. The summed E-state index contributed by atoms with van der Waals surface area (Å²) < 4.78 is 38.6. The van der Waals surface area contributed by atoms with Gasteiger partial charge in [0.25, 0.3) is 0 Å². The Hall–Kier alpha value is -2.00. The summed E-state index contributed by atoms with van der Waals surface area (Å²) >= 11 is 0. The summed E-state index contributed by atoms with van der Waals surface area (Å²) in [4.78, 5) is 24.4. The van der Waals surface area contributed by atoms with Crippen molar-refractivity contribution in [2.45, 2.75) is 17.7 Å². The molecule has 9 heteroatoms. The van der Waals surface area contributed by atoms with Crippen LogP contribution in [0.2, 0.25) is 0 Å². The van der Waals surface area contributed by atoms with Crippen molar-refractivity contribution in [1.29, 1.82) is 0 Å². The molecule has 1 aromatic carbocycles. The first-order chi connectivity index (χ1) is 11.2. The van der Waals surface area contributed by atoms with Crippen molar-refractivity contribution in [3.05, 3.63) is 30.1 Å². The van der Waals surface area contributed by atoms with Crippen LogP contribution in [0.5, 0.6) is 0 Å². The van der Waals surface area contributed by atoms with Gasteiger partial charge in [-0.25, -0.2) is 17.1 Å². The normalized spacial score (nSPS) is 11.4. The van der Waals surface area contributed by atoms with Gasteiger partial charge in [-0.3, -0.25) is 9.59 Å². The van der Waals surface area contributed by atoms with Crippen LogP contribution in [-0.4, -0.2) is 63.7 Å². The van der Waals surface area contributed by atoms with E-state index in [0.717, 1.165) is 16.4 Å². The third kappa shape index (κ3) is 5.57. The SMILES string of the molecule is CNC(=O)CN(C)C(=O)CCCN(C)S(=O)(=O)c1ccc(F)cc1. The number of nitrogens with zero attached hydrogens (tertiary/aromatic N) is 2. The molecule has 0 fully saturated rings. The molecule has 1 N–H and O–H groups in total. The fraction of sp³-hybridized carbons (Fsp3) is 0.467. The van der Waals surface area contributed by atoms with Crippen LogP contribution in [0.15, 0.2) is 29.2 Å². The van der Waals surface area contributed by atoms with Crippen LogP contribution < -0.4 is 5.32 Å². The lowest BCUT2D eigenvalue weighted by molar-refractivity contribution is -0.134. The van der Waals surface area contributed by atoms with Crippen molar-refractivity contribution in [2.75, 3.05) is 34.2 Å². The van der Waals surface area contributed by atoms with E-state index in [-0.39, 0.29) is 36.2 Å². The lowest BCUT2D eigenvalue weighted by Gasteiger charge is -2.19. The standard InChI is InChI=1S/C15H22FN3O4S/c1-17-14(20)11-18(2)15(21)5-4-10-19(3)24(22,23)13-8-6-12(16)7-9-13/h6-9H,4-5,10-11H2,1-3H3,(H,17,20). The number of carbonyl (C=O) groups is 2. The molecule has 0 aliphatic carbocycles. The summed E-state index contributed by atoms with van der Waals surface area (Å²) in [6, 6.07) is 4.56. The Bertz CT molecular complexity index is 676. The molecule has 0 saturated heterocycles. The Labute approximate surface area is 141 Å². The quantitative estimate of drug-likeness (QED) is 0.729. The number of rotatable bonds is 8. The first kappa shape index (κ1) is 20.0. The Morgan fingerprint density at radius 2 is 1.75 bits per heavy atom. The second-order valence-electron chi connectivity index (χ2n) is 5.31. The molecular weight excluding hydrogens is 337 g/mol. The van der Waals surface area contributed by atoms with Gasteiger partial charge in [0.1, 0.15) is 5.82 Å². The molecule has 1 rings (SSSR count). The average Bonchev–Trinajstić information content (AvgIpc) is 2.54. The number of nitrogens with one attached hydrogen (secondary N) is 1. The van der Waals surface area contributed by atoms with Crippen LogP contribution in [0.3, 0.4) is 0 Å². The van der Waals surface area contributed by atoms with Crippen molar-refractivity contribution in [3.63, 3.8) is 0 Å². The van der Waals surface area contributed by atoms with Crippen molar-refractivity contribution >= 4 is 21.8 Å². The Morgan fingerprint density at radius 3 is 2.29 bits per heavy atom. The molecule has 0 aliphatic rings. The number of amides is 2. The number of carbonyl (C=O) groups excluding carboxylic acids is 2. The molecule has 2 amide bonds. The van der Waals surface area contributed by atoms with Crippen LogP contribution in [0.25, 0.3) is 0 Å². The van der Waals surface area contributed by atoms with Crippen LogP contribution in [0.4, 0.5) is 4.39 Å². The van der Waals surface area contributed by atoms with Gasteiger partial charge >= 0.3 is 0 Å². The Morgan fingerprint density at radius 1 is 1.17 bits per heavy atom. The molecule has 0 unspecified atom stereocenters. The van der Waals surface area contributed by atoms with Gasteiger partial charge in [-0.15, -0.1) is 0 Å². The van der Waals surface area contributed by atoms with Gasteiger partial charge in [0.2, 0.25) is 21.8 Å². The summed E-state index contributed by atoms with van der Waals surface area (Å²) in [5, 5.41) is 2.42. The van der Waals surface area contributed by atoms with Crippen LogP contribution in [0, 0.1) is 5.82 Å². The molecule has 0 aliphatic heterocycles. The lowest BCUT2D eigenvalue weighted by Crippen LogP contribution is -2.37. The zero-order chi connectivity index (χ0) is 18.3. The highest BCUT2D eigenvalue weighted by Gasteiger charge is 2.21. The molecule has 0 aromatic heterocycles. The average molecular weight is 359 g/mol. The van der Waals surface area contributed by atoms with E-state index in [0.29, 0.717) is 6.42 Å². The van der Waals surface area contributed by atoms with E-state index in [1.807, 2.05) is 0 Å². The number of halogens is 1. The van der Waals surface area contributed by atoms with Crippen LogP contribution >= 0.6 is 0 Å². The topological polar surface area (TPSA) is 86.8 Å². The predicted octanol–water partition coefficient (Wildman–Crippen LogP) is 0.431. The maximum absolute atomic E-state index is 12.9. The number of hydrogen-bond acceptors (Lipinski definition) is 4. The second-order valence-corrected chi connectivity index (χ2v) is 7.35. The zero-order valence-electron chi connectivity index (χ0n) is 14.0. The van der Waals surface area contributed by atoms with Crippen LogP contribution in [0.1, 0.15) is 12.8 Å². The van der Waals surface area contributed by atoms with Gasteiger partial charge in [0.15, 0.2) is 0 Å². The number of hydrogen-bond donors (Lipinski definition) is 1. The molecule has 0 bridgehead atoms. The van der Waals surface area contributed by atoms with E-state index >= 15 is 0 Å². The summed E-state index contributed by atoms with van der Waals surface area (Å²) in [6.45, 7) is 0.0956. The van der Waals surface area contributed by atoms with Crippen molar-refractivity contribution in [3.8, 4) is 0 Å². The van der Waals surface area contributed by atoms with Gasteiger partial charge in [0, 0.05) is 34.1 Å². The lowest BCUT2D eigenvalue weighted by atomic mass is 10.3. The Kier molecular flexibility index (Phi) is 7.30. The summed E-state index contributed by atoms with van der Waals surface area (Å²) in [5.74, 6) is -1.03. The minimum Gasteiger partial charge on any atom is -0.358 e. The van der Waals surface area contributed by atoms with Crippen LogP contribution in [-0.2, 0) is 19.6 Å². The molecule has 0 radical (unpaired) electrons. The maximum Gasteiger partial charge on any atom is 0.242 e. The molecule has 134 valence electrons. The first-order valence-corrected chi connectivity index (χ1v) is 8.79. The number of likely N-dealkylation sites (N-methyl/N-ethyl adjacent to an activating group) is 2. The van der Waals surface area contributed by atoms with E-state index in [4.69, 9.17) is 0 Å². The molecule has 0 atom stereocenters. The highest BCUT2D eigenvalue weighted by molar-refractivity contribution is 7.89. The minimum absolute atomic E-state index is 0.00513. The highest BCUT2D eigenvalue weighted by Crippen LogP contribution is 2.15. The highest BCUT2D eigenvalue weighted by atomic mass is 32.2. The monoisotopic (exact) mass is 359 g/mol. The van der Waals surface area contributed by atoms with Crippen molar-refractivity contribution in [2.24, 2.45) is 0 Å². The van der Waals surface area contributed by atoms with Gasteiger partial charge in [-0.05, 0) is 30.7 Å². The predicted molar refractivity (Wildman–Crippen MR) is 87.2 cm³/mol. The van der Waals surface area contributed by atoms with Gasteiger partial charge < -0.3 is 10.2 Å². The van der Waals surface area contributed by atoms with Gasteiger partial charge in [-0.1, -0.05) is 0 Å². The summed E-state index contributed by atoms with van der Waals surface area (Å²) in [6.07, 6.45) is 0.435. The first-order valence-electron chi connectivity index (χ1n) is 7.35. The third-order valence-corrected chi connectivity index (χ3v) is 5.34. The fourth-order valence-electron chi connectivity index (χ4n) is 1.93. The van der Waals surface area contributed by atoms with E-state index in [2.05, 4.69) is 5.32 Å². The van der Waals surface area contributed by atoms with E-state index < -0.39 is 15.8 Å². The summed E-state index contributed by atoms with van der Waals surface area (Å²) in [5.41, 5.74) is 0. The number of sulfonamides is 1. The van der Waals surface area contributed by atoms with Crippen molar-refractivity contribution < 1.29 is 22.4 Å². The Balaban J connectivity index is 2.53. The fourth-order valence-corrected chi connectivity index (χ4v) is 3.14. The molecule has 7 nitrogen and oxygen atoms in total. The van der Waals surface area contributed by atoms with Gasteiger partial charge in [-0.2, -0.15) is 0 Å². The second kappa shape index (κ2) is 8.74. The molecule has 0 saturated carbocycles. The van der Waals surface area contributed by atoms with Gasteiger partial charge in [0.05, 0.1) is 11.4 Å². The molecule has 24 heavy (non-hydrogen) atoms. The molecule has 0 spiro atoms.